The number of ether oxygens (including phenoxy) is 1. The van der Waals surface area contributed by atoms with Crippen LogP contribution < -0.4 is 5.73 Å². The zero-order valence-electron chi connectivity index (χ0n) is 16.1. The quantitative estimate of drug-likeness (QED) is 0.868. The molecule has 3 aliphatic carbocycles. The number of piperidine rings is 1. The molecule has 5 nitrogen and oxygen atoms in total. The molecule has 0 aromatic heterocycles. The summed E-state index contributed by atoms with van der Waals surface area (Å²) in [6.45, 7) is 6.58. The molecule has 5 heteroatoms. The van der Waals surface area contributed by atoms with Crippen molar-refractivity contribution in [1.82, 2.24) is 4.90 Å². The van der Waals surface area contributed by atoms with Gasteiger partial charge in [0.05, 0.1) is 6.61 Å². The van der Waals surface area contributed by atoms with Gasteiger partial charge in [0.25, 0.3) is 0 Å². The maximum Gasteiger partial charge on any atom is 0.404 e. The number of fused-ring (bicyclic) bond motifs is 2. The molecule has 5 rings (SSSR count). The Morgan fingerprint density at radius 3 is 2.59 bits per heavy atom. The molecule has 144 valence electrons. The van der Waals surface area contributed by atoms with Gasteiger partial charge in [0, 0.05) is 29.8 Å². The van der Waals surface area contributed by atoms with Gasteiger partial charge in [0.15, 0.2) is 0 Å². The maximum atomic E-state index is 13.0. The largest absolute Gasteiger partial charge is 0.449 e. The predicted molar refractivity (Wildman–Crippen MR) is 101 cm³/mol. The highest BCUT2D eigenvalue weighted by atomic mass is 16.5. The molecule has 1 unspecified atom stereocenters. The van der Waals surface area contributed by atoms with E-state index in [-0.39, 0.29) is 16.7 Å². The fourth-order valence-electron chi connectivity index (χ4n) is 5.83. The van der Waals surface area contributed by atoms with Crippen molar-refractivity contribution in [2.24, 2.45) is 28.9 Å². The van der Waals surface area contributed by atoms with E-state index in [1.807, 2.05) is 0 Å². The molecular formula is C22H28N2O3. The van der Waals surface area contributed by atoms with Crippen LogP contribution in [0.4, 0.5) is 4.79 Å². The Bertz CT molecular complexity index is 804. The van der Waals surface area contributed by atoms with Crippen LogP contribution in [0.15, 0.2) is 24.3 Å². The van der Waals surface area contributed by atoms with E-state index in [1.54, 1.807) is 0 Å². The third kappa shape index (κ3) is 2.50. The van der Waals surface area contributed by atoms with Crippen molar-refractivity contribution >= 4 is 12.0 Å². The molecule has 4 fully saturated rings. The number of amides is 2. The van der Waals surface area contributed by atoms with E-state index in [0.717, 1.165) is 25.9 Å². The van der Waals surface area contributed by atoms with E-state index in [4.69, 9.17) is 10.5 Å². The molecule has 1 aromatic rings. The lowest BCUT2D eigenvalue weighted by molar-refractivity contribution is -0.140. The standard InChI is InChI=1S/C22H28N2O3/c1-13(2)14-3-5-15(6-4-14)22-7-16(22)10-24(11-22)19(25)17-8-21(9-18(17)21)12-27-20(23)26/h3-6,13,16-18H,7-12H2,1-2H3,(H2,23,26)/t16-,17-,18?,21-,22+/m1/s1. The van der Waals surface area contributed by atoms with E-state index < -0.39 is 6.09 Å². The number of hydrogen-bond acceptors (Lipinski definition) is 3. The summed E-state index contributed by atoms with van der Waals surface area (Å²) in [5, 5.41) is 0. The third-order valence-corrected chi connectivity index (χ3v) is 7.79. The molecule has 4 aliphatic rings. The van der Waals surface area contributed by atoms with Crippen molar-refractivity contribution in [3.8, 4) is 0 Å². The summed E-state index contributed by atoms with van der Waals surface area (Å²) in [5.74, 6) is 2.00. The summed E-state index contributed by atoms with van der Waals surface area (Å²) in [5.41, 5.74) is 8.10. The summed E-state index contributed by atoms with van der Waals surface area (Å²) in [4.78, 5) is 25.9. The molecule has 27 heavy (non-hydrogen) atoms. The van der Waals surface area contributed by atoms with E-state index in [1.165, 1.54) is 17.5 Å². The number of benzene rings is 1. The fraction of sp³-hybridized carbons (Fsp3) is 0.636. The lowest BCUT2D eigenvalue weighted by Crippen LogP contribution is -2.44. The lowest BCUT2D eigenvalue weighted by Gasteiger charge is -2.36. The number of nitrogens with two attached hydrogens (primary N) is 1. The minimum atomic E-state index is -0.713. The summed E-state index contributed by atoms with van der Waals surface area (Å²) in [6.07, 6.45) is 2.34. The van der Waals surface area contributed by atoms with Gasteiger partial charge in [-0.2, -0.15) is 0 Å². The molecule has 2 N–H and O–H groups in total. The summed E-state index contributed by atoms with van der Waals surface area (Å²) < 4.78 is 4.98. The first-order valence-corrected chi connectivity index (χ1v) is 10.2. The average Bonchev–Trinajstić information content (AvgIpc) is 3.43. The minimum Gasteiger partial charge on any atom is -0.449 e. The van der Waals surface area contributed by atoms with Gasteiger partial charge in [0.1, 0.15) is 0 Å². The van der Waals surface area contributed by atoms with Gasteiger partial charge in [-0.1, -0.05) is 38.1 Å². The molecule has 0 radical (unpaired) electrons. The predicted octanol–water partition coefficient (Wildman–Crippen LogP) is 3.03. The highest BCUT2D eigenvalue weighted by Gasteiger charge is 2.71. The number of rotatable bonds is 5. The first-order valence-electron chi connectivity index (χ1n) is 10.2. The highest BCUT2D eigenvalue weighted by molar-refractivity contribution is 5.82. The second-order valence-corrected chi connectivity index (χ2v) is 9.64. The van der Waals surface area contributed by atoms with E-state index in [0.29, 0.717) is 30.3 Å². The normalized spacial score (nSPS) is 38.0. The van der Waals surface area contributed by atoms with Crippen molar-refractivity contribution in [3.05, 3.63) is 35.4 Å². The summed E-state index contributed by atoms with van der Waals surface area (Å²) >= 11 is 0. The Balaban J connectivity index is 1.21. The highest BCUT2D eigenvalue weighted by Crippen LogP contribution is 2.71. The Morgan fingerprint density at radius 2 is 1.96 bits per heavy atom. The Morgan fingerprint density at radius 1 is 1.22 bits per heavy atom. The van der Waals surface area contributed by atoms with Crippen molar-refractivity contribution in [2.45, 2.75) is 44.4 Å². The van der Waals surface area contributed by atoms with Crippen molar-refractivity contribution in [1.29, 1.82) is 0 Å². The summed E-state index contributed by atoms with van der Waals surface area (Å²) in [6, 6.07) is 9.05. The zero-order valence-corrected chi connectivity index (χ0v) is 16.1. The maximum absolute atomic E-state index is 13.0. The monoisotopic (exact) mass is 368 g/mol. The average molecular weight is 368 g/mol. The zero-order chi connectivity index (χ0) is 19.0. The van der Waals surface area contributed by atoms with Crippen LogP contribution in [0.1, 0.15) is 50.2 Å². The first-order chi connectivity index (χ1) is 12.8. The van der Waals surface area contributed by atoms with Crippen molar-refractivity contribution in [2.75, 3.05) is 19.7 Å². The number of primary amides is 1. The molecule has 5 atom stereocenters. The van der Waals surface area contributed by atoms with Crippen LogP contribution in [0.5, 0.6) is 0 Å². The topological polar surface area (TPSA) is 72.6 Å². The number of carbonyl (C=O) groups excluding carboxylic acids is 2. The van der Waals surface area contributed by atoms with Crippen LogP contribution in [-0.4, -0.2) is 36.6 Å². The van der Waals surface area contributed by atoms with Crippen molar-refractivity contribution < 1.29 is 14.3 Å². The Labute approximate surface area is 160 Å². The van der Waals surface area contributed by atoms with Gasteiger partial charge in [-0.25, -0.2) is 4.79 Å². The SMILES string of the molecule is CC(C)c1ccc([C@@]23C[C@@H]2CN(C(=O)[C@@H]2C[C@]4(COC(N)=O)CC24)C3)cc1. The second kappa shape index (κ2) is 5.49. The van der Waals surface area contributed by atoms with Gasteiger partial charge >= 0.3 is 6.09 Å². The fourth-order valence-corrected chi connectivity index (χ4v) is 5.83. The molecule has 1 heterocycles. The molecule has 0 spiro atoms. The third-order valence-electron chi connectivity index (χ3n) is 7.79. The smallest absolute Gasteiger partial charge is 0.404 e. The molecule has 0 bridgehead atoms. The molecule has 1 aromatic carbocycles. The van der Waals surface area contributed by atoms with Crippen LogP contribution in [0.3, 0.4) is 0 Å². The molecule has 1 saturated heterocycles. The molecule has 2 amide bonds. The van der Waals surface area contributed by atoms with E-state index in [2.05, 4.69) is 43.0 Å². The van der Waals surface area contributed by atoms with E-state index in [9.17, 15) is 9.59 Å². The molecular weight excluding hydrogens is 340 g/mol. The number of carbonyl (C=O) groups is 2. The van der Waals surface area contributed by atoms with Gasteiger partial charge < -0.3 is 15.4 Å². The van der Waals surface area contributed by atoms with Crippen molar-refractivity contribution in [3.63, 3.8) is 0 Å². The van der Waals surface area contributed by atoms with Gasteiger partial charge in [-0.3, -0.25) is 4.79 Å². The summed E-state index contributed by atoms with van der Waals surface area (Å²) in [7, 11) is 0. The Kier molecular flexibility index (Phi) is 3.47. The second-order valence-electron chi connectivity index (χ2n) is 9.64. The van der Waals surface area contributed by atoms with Crippen LogP contribution in [0, 0.1) is 23.2 Å². The number of nitrogens with zero attached hydrogens (tertiary/aromatic N) is 1. The van der Waals surface area contributed by atoms with Gasteiger partial charge in [-0.15, -0.1) is 0 Å². The number of hydrogen-bond donors (Lipinski definition) is 1. The van der Waals surface area contributed by atoms with Crippen LogP contribution in [-0.2, 0) is 14.9 Å². The van der Waals surface area contributed by atoms with Gasteiger partial charge in [-0.05, 0) is 48.1 Å². The molecule has 1 aliphatic heterocycles. The lowest BCUT2D eigenvalue weighted by atomic mass is 9.74. The molecule has 3 saturated carbocycles. The van der Waals surface area contributed by atoms with Gasteiger partial charge in [0.2, 0.25) is 5.91 Å². The Hall–Kier alpha value is -2.04. The van der Waals surface area contributed by atoms with E-state index >= 15 is 0 Å². The first kappa shape index (κ1) is 17.1. The van der Waals surface area contributed by atoms with Crippen LogP contribution in [0.2, 0.25) is 0 Å². The van der Waals surface area contributed by atoms with Crippen LogP contribution in [0.25, 0.3) is 0 Å². The minimum absolute atomic E-state index is 0.0579. The number of likely N-dealkylation sites (tertiary alicyclic amines) is 1. The van der Waals surface area contributed by atoms with Crippen LogP contribution >= 0.6 is 0 Å².